The lowest BCUT2D eigenvalue weighted by atomic mass is 10.0. The number of halogens is 4. The third-order valence-electron chi connectivity index (χ3n) is 2.71. The Balaban J connectivity index is 2.21. The molecule has 0 spiro atoms. The molecule has 1 unspecified atom stereocenters. The van der Waals surface area contributed by atoms with Gasteiger partial charge in [-0.1, -0.05) is 17.7 Å². The number of benzene rings is 1. The second kappa shape index (κ2) is 5.59. The lowest BCUT2D eigenvalue weighted by Crippen LogP contribution is -2.14. The van der Waals surface area contributed by atoms with Crippen LogP contribution in [0.4, 0.5) is 13.2 Å². The van der Waals surface area contributed by atoms with Crippen LogP contribution in [0.5, 0.6) is 0 Å². The second-order valence-electron chi connectivity index (χ2n) is 4.08. The maximum atomic E-state index is 13.5. The number of nitrogens with two attached hydrogens (primary N) is 1. The van der Waals surface area contributed by atoms with Gasteiger partial charge in [0.2, 0.25) is 0 Å². The molecular formula is C13H10ClF3N2. The van der Waals surface area contributed by atoms with Crippen molar-refractivity contribution < 1.29 is 13.2 Å². The highest BCUT2D eigenvalue weighted by Crippen LogP contribution is 2.20. The van der Waals surface area contributed by atoms with Crippen LogP contribution in [0, 0.1) is 17.5 Å². The van der Waals surface area contributed by atoms with E-state index >= 15 is 0 Å². The summed E-state index contributed by atoms with van der Waals surface area (Å²) >= 11 is 5.64. The number of hydrogen-bond acceptors (Lipinski definition) is 2. The Morgan fingerprint density at radius 3 is 2.42 bits per heavy atom. The van der Waals surface area contributed by atoms with Crippen LogP contribution in [0.2, 0.25) is 5.15 Å². The minimum atomic E-state index is -1.22. The Morgan fingerprint density at radius 1 is 1.11 bits per heavy atom. The Bertz CT molecular complexity index is 587. The molecule has 100 valence electrons. The van der Waals surface area contributed by atoms with E-state index < -0.39 is 23.5 Å². The van der Waals surface area contributed by atoms with Gasteiger partial charge in [0, 0.05) is 18.3 Å². The Hall–Kier alpha value is -1.59. The summed E-state index contributed by atoms with van der Waals surface area (Å²) in [4.78, 5) is 3.85. The second-order valence-corrected chi connectivity index (χ2v) is 4.47. The predicted molar refractivity (Wildman–Crippen MR) is 66.2 cm³/mol. The average Bonchev–Trinajstić information content (AvgIpc) is 2.36. The number of hydrogen-bond donors (Lipinski definition) is 1. The van der Waals surface area contributed by atoms with Crippen LogP contribution in [0.25, 0.3) is 0 Å². The molecule has 0 aliphatic rings. The highest BCUT2D eigenvalue weighted by molar-refractivity contribution is 6.29. The molecule has 0 aliphatic carbocycles. The van der Waals surface area contributed by atoms with E-state index in [0.29, 0.717) is 16.8 Å². The summed E-state index contributed by atoms with van der Waals surface area (Å²) in [6.07, 6.45) is 1.50. The highest BCUT2D eigenvalue weighted by atomic mass is 35.5. The van der Waals surface area contributed by atoms with Crippen molar-refractivity contribution in [2.75, 3.05) is 0 Å². The monoisotopic (exact) mass is 286 g/mol. The zero-order valence-corrected chi connectivity index (χ0v) is 10.5. The molecule has 0 bridgehead atoms. The van der Waals surface area contributed by atoms with Crippen LogP contribution in [-0.4, -0.2) is 4.98 Å². The van der Waals surface area contributed by atoms with Crippen molar-refractivity contribution in [1.29, 1.82) is 0 Å². The van der Waals surface area contributed by atoms with Gasteiger partial charge >= 0.3 is 0 Å². The van der Waals surface area contributed by atoms with E-state index in [-0.39, 0.29) is 12.0 Å². The molecule has 0 saturated heterocycles. The summed E-state index contributed by atoms with van der Waals surface area (Å²) in [6.45, 7) is 0. The Kier molecular flexibility index (Phi) is 4.07. The normalized spacial score (nSPS) is 12.5. The maximum Gasteiger partial charge on any atom is 0.161 e. The van der Waals surface area contributed by atoms with E-state index in [2.05, 4.69) is 4.98 Å². The lowest BCUT2D eigenvalue weighted by molar-refractivity contribution is 0.487. The molecule has 0 saturated carbocycles. The van der Waals surface area contributed by atoms with E-state index in [1.165, 1.54) is 6.20 Å². The molecule has 1 aromatic heterocycles. The zero-order valence-electron chi connectivity index (χ0n) is 9.71. The van der Waals surface area contributed by atoms with E-state index in [4.69, 9.17) is 17.3 Å². The van der Waals surface area contributed by atoms with Crippen LogP contribution in [0.3, 0.4) is 0 Å². The molecule has 2 rings (SSSR count). The summed E-state index contributed by atoms with van der Waals surface area (Å²) in [5.41, 5.74) is 6.52. The fraction of sp³-hybridized carbons (Fsp3) is 0.154. The first-order chi connectivity index (χ1) is 8.97. The van der Waals surface area contributed by atoms with Crippen molar-refractivity contribution in [2.24, 2.45) is 5.73 Å². The molecule has 2 N–H and O–H groups in total. The van der Waals surface area contributed by atoms with Gasteiger partial charge in [-0.05, 0) is 29.7 Å². The van der Waals surface area contributed by atoms with Crippen LogP contribution in [0.1, 0.15) is 17.2 Å². The van der Waals surface area contributed by atoms with Gasteiger partial charge in [-0.2, -0.15) is 0 Å². The SMILES string of the molecule is NC(Cc1cc(F)c(F)cc1F)c1ccc(Cl)nc1. The van der Waals surface area contributed by atoms with Gasteiger partial charge in [0.15, 0.2) is 11.6 Å². The molecule has 1 heterocycles. The van der Waals surface area contributed by atoms with Gasteiger partial charge in [0.1, 0.15) is 11.0 Å². The van der Waals surface area contributed by atoms with Gasteiger partial charge in [-0.25, -0.2) is 18.2 Å². The van der Waals surface area contributed by atoms with Crippen molar-refractivity contribution in [2.45, 2.75) is 12.5 Å². The molecular weight excluding hydrogens is 277 g/mol. The molecule has 0 aliphatic heterocycles. The molecule has 0 fully saturated rings. The first-order valence-electron chi connectivity index (χ1n) is 5.48. The number of aromatic nitrogens is 1. The standard InChI is InChI=1S/C13H10ClF3N2/c14-13-2-1-7(6-19-13)12(18)4-8-3-10(16)11(17)5-9(8)15/h1-3,5-6,12H,4,18H2. The minimum Gasteiger partial charge on any atom is -0.324 e. The van der Waals surface area contributed by atoms with Crippen molar-refractivity contribution >= 4 is 11.6 Å². The topological polar surface area (TPSA) is 38.9 Å². The summed E-state index contributed by atoms with van der Waals surface area (Å²) in [7, 11) is 0. The average molecular weight is 287 g/mol. The molecule has 2 nitrogen and oxygen atoms in total. The molecule has 19 heavy (non-hydrogen) atoms. The summed E-state index contributed by atoms with van der Waals surface area (Å²) < 4.78 is 39.3. The maximum absolute atomic E-state index is 13.5. The van der Waals surface area contributed by atoms with Gasteiger partial charge < -0.3 is 5.73 Å². The Morgan fingerprint density at radius 2 is 1.79 bits per heavy atom. The third kappa shape index (κ3) is 3.24. The first-order valence-corrected chi connectivity index (χ1v) is 5.85. The molecule has 1 atom stereocenters. The fourth-order valence-electron chi connectivity index (χ4n) is 1.68. The van der Waals surface area contributed by atoms with Crippen LogP contribution >= 0.6 is 11.6 Å². The van der Waals surface area contributed by atoms with E-state index in [9.17, 15) is 13.2 Å². The van der Waals surface area contributed by atoms with Crippen LogP contribution in [0.15, 0.2) is 30.5 Å². The minimum absolute atomic E-state index is 0.0151. The molecule has 6 heteroatoms. The van der Waals surface area contributed by atoms with Crippen LogP contribution in [-0.2, 0) is 6.42 Å². The van der Waals surface area contributed by atoms with Crippen LogP contribution < -0.4 is 5.73 Å². The number of pyridine rings is 1. The zero-order chi connectivity index (χ0) is 14.0. The molecule has 0 radical (unpaired) electrons. The summed E-state index contributed by atoms with van der Waals surface area (Å²) in [5, 5.41) is 0.315. The van der Waals surface area contributed by atoms with E-state index in [1.807, 2.05) is 0 Å². The summed E-state index contributed by atoms with van der Waals surface area (Å²) in [6, 6.07) is 3.95. The van der Waals surface area contributed by atoms with E-state index in [0.717, 1.165) is 6.07 Å². The number of nitrogens with zero attached hydrogens (tertiary/aromatic N) is 1. The fourth-order valence-corrected chi connectivity index (χ4v) is 1.79. The van der Waals surface area contributed by atoms with Crippen molar-refractivity contribution in [1.82, 2.24) is 4.98 Å². The van der Waals surface area contributed by atoms with Crippen molar-refractivity contribution in [3.63, 3.8) is 0 Å². The van der Waals surface area contributed by atoms with Crippen molar-refractivity contribution in [3.05, 3.63) is 64.2 Å². The smallest absolute Gasteiger partial charge is 0.161 e. The lowest BCUT2D eigenvalue weighted by Gasteiger charge is -2.12. The number of rotatable bonds is 3. The largest absolute Gasteiger partial charge is 0.324 e. The Labute approximate surface area is 113 Å². The molecule has 2 aromatic rings. The molecule has 0 amide bonds. The van der Waals surface area contributed by atoms with Gasteiger partial charge in [-0.3, -0.25) is 0 Å². The third-order valence-corrected chi connectivity index (χ3v) is 2.93. The molecule has 1 aromatic carbocycles. The summed E-state index contributed by atoms with van der Waals surface area (Å²) in [5.74, 6) is -3.14. The van der Waals surface area contributed by atoms with Gasteiger partial charge in [-0.15, -0.1) is 0 Å². The van der Waals surface area contributed by atoms with Gasteiger partial charge in [0.05, 0.1) is 0 Å². The quantitative estimate of drug-likeness (QED) is 0.694. The highest BCUT2D eigenvalue weighted by Gasteiger charge is 2.14. The predicted octanol–water partition coefficient (Wildman–Crippen LogP) is 3.39. The van der Waals surface area contributed by atoms with Crippen molar-refractivity contribution in [3.8, 4) is 0 Å². The first kappa shape index (κ1) is 13.8. The van der Waals surface area contributed by atoms with E-state index in [1.54, 1.807) is 12.1 Å². The van der Waals surface area contributed by atoms with Gasteiger partial charge in [0.25, 0.3) is 0 Å².